The quantitative estimate of drug-likeness (QED) is 0.813. The summed E-state index contributed by atoms with van der Waals surface area (Å²) in [6.07, 6.45) is 0. The van der Waals surface area contributed by atoms with Crippen molar-refractivity contribution in [1.82, 2.24) is 0 Å². The highest BCUT2D eigenvalue weighted by atomic mass is 127. The second-order valence-corrected chi connectivity index (χ2v) is 7.71. The summed E-state index contributed by atoms with van der Waals surface area (Å²) < 4.78 is 45.0. The topological polar surface area (TPSA) is 94.3 Å². The van der Waals surface area contributed by atoms with Crippen molar-refractivity contribution in [2.24, 2.45) is 5.14 Å². The lowest BCUT2D eigenvalue weighted by atomic mass is 10.1. The van der Waals surface area contributed by atoms with Crippen molar-refractivity contribution in [1.29, 1.82) is 0 Å². The number of hydrogen-bond acceptors (Lipinski definition) is 4. The Bertz CT molecular complexity index is 775. The van der Waals surface area contributed by atoms with Crippen LogP contribution in [-0.2, 0) is 16.2 Å². The molecule has 0 aliphatic heterocycles. The van der Waals surface area contributed by atoms with Crippen molar-refractivity contribution in [3.63, 3.8) is 0 Å². The molecule has 0 fully saturated rings. The van der Waals surface area contributed by atoms with Crippen LogP contribution in [0.25, 0.3) is 11.1 Å². The number of primary sulfonamides is 1. The molecule has 0 amide bonds. The number of halogens is 1. The van der Waals surface area contributed by atoms with Gasteiger partial charge in [-0.05, 0) is 23.3 Å². The molecule has 0 heterocycles. The minimum absolute atomic E-state index is 0.202. The van der Waals surface area contributed by atoms with E-state index in [1.807, 2.05) is 6.07 Å². The molecule has 2 aromatic carbocycles. The Morgan fingerprint density at radius 2 is 1.53 bits per heavy atom. The first-order valence-corrected chi connectivity index (χ1v) is 9.56. The Kier molecular flexibility index (Phi) is 3.97. The maximum absolute atomic E-state index is 11.5. The van der Waals surface area contributed by atoms with Crippen LogP contribution in [0.2, 0.25) is 0 Å². The van der Waals surface area contributed by atoms with E-state index in [0.717, 1.165) is 5.56 Å². The van der Waals surface area contributed by atoms with Crippen LogP contribution in [0.1, 0.15) is 0 Å². The Hall–Kier alpha value is -1.32. The van der Waals surface area contributed by atoms with Gasteiger partial charge in [-0.25, -0.2) is 19.7 Å². The predicted octanol–water partition coefficient (Wildman–Crippen LogP) is 2.37. The lowest BCUT2D eigenvalue weighted by Crippen LogP contribution is -2.14. The smallest absolute Gasteiger partial charge is 0.230 e. The minimum Gasteiger partial charge on any atom is -0.230 e. The van der Waals surface area contributed by atoms with Gasteiger partial charge in [0.05, 0.1) is 3.57 Å². The largest absolute Gasteiger partial charge is 0.342 e. The van der Waals surface area contributed by atoms with Gasteiger partial charge in [0.15, 0.2) is 0 Å². The van der Waals surface area contributed by atoms with E-state index in [4.69, 9.17) is 5.14 Å². The van der Waals surface area contributed by atoms with Gasteiger partial charge < -0.3 is 0 Å². The third kappa shape index (κ3) is 3.17. The molecule has 0 bridgehead atoms. The lowest BCUT2D eigenvalue weighted by Gasteiger charge is -2.06. The Labute approximate surface area is 117 Å². The lowest BCUT2D eigenvalue weighted by molar-refractivity contribution is 0.595. The second-order valence-electron chi connectivity index (χ2n) is 3.77. The fourth-order valence-electron chi connectivity index (χ4n) is 1.66. The van der Waals surface area contributed by atoms with E-state index in [1.54, 1.807) is 30.3 Å². The highest BCUT2D eigenvalue weighted by Crippen LogP contribution is 2.29. The van der Waals surface area contributed by atoms with E-state index in [0.29, 0.717) is 5.56 Å². The monoisotopic (exact) mass is 391 g/mol. The fourth-order valence-corrected chi connectivity index (χ4v) is 4.70. The van der Waals surface area contributed by atoms with Crippen LogP contribution in [0, 0.1) is 3.57 Å². The van der Waals surface area contributed by atoms with Gasteiger partial charge in [-0.1, -0.05) is 36.4 Å². The summed E-state index contributed by atoms with van der Waals surface area (Å²) in [5.41, 5.74) is 1.39. The van der Waals surface area contributed by atoms with Crippen LogP contribution >= 0.6 is 19.8 Å². The Morgan fingerprint density at radius 3 is 2.05 bits per heavy atom. The molecular formula is C12H10INO4S. The molecule has 0 aliphatic carbocycles. The molecular weight excluding hydrogens is 381 g/mol. The summed E-state index contributed by atoms with van der Waals surface area (Å²) in [4.78, 5) is -0.343. The SMILES string of the molecule is NS(=O)(=O)c1cc(-c2ccccc2)ccc1I(=O)=O. The average Bonchev–Trinajstić information content (AvgIpc) is 2.38. The van der Waals surface area contributed by atoms with E-state index in [1.165, 1.54) is 12.1 Å². The Morgan fingerprint density at radius 1 is 0.895 bits per heavy atom. The van der Waals surface area contributed by atoms with Gasteiger partial charge in [-0.2, -0.15) is 0 Å². The Balaban J connectivity index is 2.70. The van der Waals surface area contributed by atoms with Crippen molar-refractivity contribution in [2.75, 3.05) is 0 Å². The molecule has 2 N–H and O–H groups in total. The molecule has 5 nitrogen and oxygen atoms in total. The molecule has 0 aliphatic rings. The zero-order valence-corrected chi connectivity index (χ0v) is 12.6. The number of hydrogen-bond donors (Lipinski definition) is 1. The van der Waals surface area contributed by atoms with Crippen LogP contribution < -0.4 is 5.14 Å². The molecule has 2 rings (SSSR count). The van der Waals surface area contributed by atoms with Crippen molar-refractivity contribution >= 4 is 29.8 Å². The van der Waals surface area contributed by atoms with Crippen LogP contribution in [0.4, 0.5) is 0 Å². The van der Waals surface area contributed by atoms with Gasteiger partial charge in [0.2, 0.25) is 10.0 Å². The summed E-state index contributed by atoms with van der Waals surface area (Å²) in [5, 5.41) is 5.06. The first-order chi connectivity index (χ1) is 8.89. The highest BCUT2D eigenvalue weighted by Gasteiger charge is 2.18. The zero-order valence-electron chi connectivity index (χ0n) is 9.62. The number of sulfonamides is 1. The van der Waals surface area contributed by atoms with Gasteiger partial charge in [0.25, 0.3) is 0 Å². The first-order valence-electron chi connectivity index (χ1n) is 5.17. The van der Waals surface area contributed by atoms with Gasteiger partial charge in [-0.15, -0.1) is 0 Å². The van der Waals surface area contributed by atoms with Crippen molar-refractivity contribution in [3.05, 3.63) is 52.1 Å². The van der Waals surface area contributed by atoms with Gasteiger partial charge in [-0.3, -0.25) is 0 Å². The highest BCUT2D eigenvalue weighted by molar-refractivity contribution is 14.2. The summed E-state index contributed by atoms with van der Waals surface area (Å²) in [7, 11) is -4.07. The molecule has 19 heavy (non-hydrogen) atoms. The second kappa shape index (κ2) is 5.35. The standard InChI is InChI=1S/C12H10INO4S/c14-19(17,18)12-8-10(6-7-11(12)13(15)16)9-4-2-1-3-5-9/h1-8H,(H2,14,17,18). The molecule has 0 atom stereocenters. The van der Waals surface area contributed by atoms with Crippen molar-refractivity contribution in [2.45, 2.75) is 4.90 Å². The van der Waals surface area contributed by atoms with E-state index in [2.05, 4.69) is 0 Å². The van der Waals surface area contributed by atoms with Crippen LogP contribution in [0.3, 0.4) is 0 Å². The van der Waals surface area contributed by atoms with Gasteiger partial charge in [0, 0.05) is 0 Å². The maximum Gasteiger partial charge on any atom is 0.342 e. The predicted molar refractivity (Wildman–Crippen MR) is 77.3 cm³/mol. The summed E-state index contributed by atoms with van der Waals surface area (Å²) in [6.45, 7) is 0. The minimum atomic E-state index is -4.07. The summed E-state index contributed by atoms with van der Waals surface area (Å²) in [6, 6.07) is 13.2. The molecule has 100 valence electrons. The molecule has 0 spiro atoms. The third-order valence-electron chi connectivity index (χ3n) is 2.51. The average molecular weight is 391 g/mol. The molecule has 0 unspecified atom stereocenters. The fraction of sp³-hybridized carbons (Fsp3) is 0. The third-order valence-corrected chi connectivity index (χ3v) is 5.72. The molecule has 0 saturated carbocycles. The summed E-state index contributed by atoms with van der Waals surface area (Å²) in [5.74, 6) is 0. The zero-order chi connectivity index (χ0) is 14.0. The first kappa shape index (κ1) is 14.1. The number of rotatable bonds is 3. The normalized spacial score (nSPS) is 11.7. The molecule has 0 saturated heterocycles. The van der Waals surface area contributed by atoms with Crippen molar-refractivity contribution < 1.29 is 14.6 Å². The summed E-state index contributed by atoms with van der Waals surface area (Å²) >= 11 is -3.91. The van der Waals surface area contributed by atoms with E-state index in [9.17, 15) is 14.6 Å². The number of benzene rings is 2. The van der Waals surface area contributed by atoms with Gasteiger partial charge >= 0.3 is 19.8 Å². The molecule has 2 aromatic rings. The van der Waals surface area contributed by atoms with Gasteiger partial charge in [0.1, 0.15) is 4.90 Å². The molecule has 0 aromatic heterocycles. The molecule has 0 radical (unpaired) electrons. The van der Waals surface area contributed by atoms with Crippen molar-refractivity contribution in [3.8, 4) is 11.1 Å². The maximum atomic E-state index is 11.5. The van der Waals surface area contributed by atoms with E-state index in [-0.39, 0.29) is 8.47 Å². The van der Waals surface area contributed by atoms with Crippen LogP contribution in [0.5, 0.6) is 0 Å². The van der Waals surface area contributed by atoms with Crippen LogP contribution in [-0.4, -0.2) is 8.42 Å². The van der Waals surface area contributed by atoms with E-state index < -0.39 is 29.8 Å². The van der Waals surface area contributed by atoms with Crippen LogP contribution in [0.15, 0.2) is 53.4 Å². The number of nitrogens with two attached hydrogens (primary N) is 1. The molecule has 7 heteroatoms. The van der Waals surface area contributed by atoms with E-state index >= 15 is 0 Å².